The third-order valence-electron chi connectivity index (χ3n) is 4.25. The highest BCUT2D eigenvalue weighted by Crippen LogP contribution is 2.39. The quantitative estimate of drug-likeness (QED) is 0.918. The lowest BCUT2D eigenvalue weighted by Gasteiger charge is -2.34. The number of benzene rings is 1. The topological polar surface area (TPSA) is 43.8 Å². The van der Waals surface area contributed by atoms with Crippen LogP contribution in [0.3, 0.4) is 0 Å². The van der Waals surface area contributed by atoms with Gasteiger partial charge in [0.05, 0.1) is 5.92 Å². The average Bonchev–Trinajstić information content (AvgIpc) is 2.39. The van der Waals surface area contributed by atoms with Crippen LogP contribution in [0.5, 0.6) is 0 Å². The molecule has 110 valence electrons. The van der Waals surface area contributed by atoms with Crippen molar-refractivity contribution in [2.24, 2.45) is 0 Å². The first-order valence-corrected chi connectivity index (χ1v) is 7.33. The summed E-state index contributed by atoms with van der Waals surface area (Å²) < 4.78 is 0. The molecule has 4 heteroatoms. The van der Waals surface area contributed by atoms with Crippen LogP contribution >= 0.6 is 0 Å². The molecule has 0 fully saturated rings. The number of hydrogen-bond donors (Lipinski definition) is 1. The molecule has 0 radical (unpaired) electrons. The van der Waals surface area contributed by atoms with Gasteiger partial charge in [0.25, 0.3) is 0 Å². The molecule has 0 saturated heterocycles. The second kappa shape index (κ2) is 5.73. The lowest BCUT2D eigenvalue weighted by molar-refractivity contribution is -0.139. The maximum absolute atomic E-state index is 11.5. The Morgan fingerprint density at radius 3 is 2.60 bits per heavy atom. The zero-order chi connectivity index (χ0) is 14.9. The van der Waals surface area contributed by atoms with Gasteiger partial charge in [-0.25, -0.2) is 0 Å². The number of rotatable bonds is 4. The van der Waals surface area contributed by atoms with Crippen molar-refractivity contribution < 1.29 is 9.90 Å². The molecule has 1 atom stereocenters. The summed E-state index contributed by atoms with van der Waals surface area (Å²) in [6.07, 6.45) is 0.681. The van der Waals surface area contributed by atoms with E-state index in [4.69, 9.17) is 0 Å². The number of fused-ring (bicyclic) bond motifs is 1. The van der Waals surface area contributed by atoms with E-state index in [9.17, 15) is 9.90 Å². The highest BCUT2D eigenvalue weighted by Gasteiger charge is 2.30. The van der Waals surface area contributed by atoms with Crippen molar-refractivity contribution in [1.29, 1.82) is 0 Å². The van der Waals surface area contributed by atoms with Crippen molar-refractivity contribution in [3.63, 3.8) is 0 Å². The molecule has 0 amide bonds. The first kappa shape index (κ1) is 14.7. The van der Waals surface area contributed by atoms with Gasteiger partial charge in [0, 0.05) is 38.1 Å². The third-order valence-corrected chi connectivity index (χ3v) is 4.25. The zero-order valence-electron chi connectivity index (χ0n) is 12.8. The van der Waals surface area contributed by atoms with Gasteiger partial charge in [-0.3, -0.25) is 4.79 Å². The van der Waals surface area contributed by atoms with Crippen molar-refractivity contribution in [3.8, 4) is 0 Å². The van der Waals surface area contributed by atoms with Crippen LogP contribution in [0.25, 0.3) is 0 Å². The van der Waals surface area contributed by atoms with Gasteiger partial charge in [0.2, 0.25) is 0 Å². The molecule has 2 rings (SSSR count). The monoisotopic (exact) mass is 276 g/mol. The van der Waals surface area contributed by atoms with Crippen LogP contribution in [0, 0.1) is 6.92 Å². The van der Waals surface area contributed by atoms with E-state index in [0.29, 0.717) is 6.42 Å². The van der Waals surface area contributed by atoms with Crippen molar-refractivity contribution in [2.75, 3.05) is 36.5 Å². The fourth-order valence-electron chi connectivity index (χ4n) is 3.19. The van der Waals surface area contributed by atoms with Crippen molar-refractivity contribution in [3.05, 3.63) is 23.3 Å². The lowest BCUT2D eigenvalue weighted by Crippen LogP contribution is -2.32. The predicted octanol–water partition coefficient (Wildman–Crippen LogP) is 2.85. The molecule has 4 nitrogen and oxygen atoms in total. The number of carboxylic acids is 1. The molecule has 1 aliphatic rings. The molecule has 1 heterocycles. The highest BCUT2D eigenvalue weighted by molar-refractivity contribution is 5.82. The lowest BCUT2D eigenvalue weighted by atomic mass is 9.87. The summed E-state index contributed by atoms with van der Waals surface area (Å²) in [5.74, 6) is -1.09. The van der Waals surface area contributed by atoms with Crippen LogP contribution in [0.1, 0.15) is 37.3 Å². The second-order valence-electron chi connectivity index (χ2n) is 5.47. The second-order valence-corrected chi connectivity index (χ2v) is 5.47. The van der Waals surface area contributed by atoms with Crippen molar-refractivity contribution in [2.45, 2.75) is 33.1 Å². The van der Waals surface area contributed by atoms with E-state index in [1.54, 1.807) is 0 Å². The summed E-state index contributed by atoms with van der Waals surface area (Å²) in [6, 6.07) is 4.25. The Kier molecular flexibility index (Phi) is 4.21. The Labute approximate surface area is 121 Å². The van der Waals surface area contributed by atoms with Gasteiger partial charge in [-0.1, -0.05) is 0 Å². The first-order chi connectivity index (χ1) is 9.49. The zero-order valence-corrected chi connectivity index (χ0v) is 12.8. The predicted molar refractivity (Wildman–Crippen MR) is 83.0 cm³/mol. The minimum atomic E-state index is -0.713. The van der Waals surface area contributed by atoms with Crippen LogP contribution in [0.2, 0.25) is 0 Å². The molecule has 0 aliphatic carbocycles. The number of carbonyl (C=O) groups is 1. The van der Waals surface area contributed by atoms with Gasteiger partial charge in [0.1, 0.15) is 0 Å². The number of nitrogens with zero attached hydrogens (tertiary/aromatic N) is 2. The molecular formula is C16H24N2O2. The van der Waals surface area contributed by atoms with Gasteiger partial charge in [-0.15, -0.1) is 0 Å². The molecule has 0 aromatic heterocycles. The molecule has 20 heavy (non-hydrogen) atoms. The van der Waals surface area contributed by atoms with Crippen LogP contribution in [0.15, 0.2) is 12.1 Å². The minimum absolute atomic E-state index is 0.379. The van der Waals surface area contributed by atoms with Gasteiger partial charge < -0.3 is 14.9 Å². The van der Waals surface area contributed by atoms with Gasteiger partial charge in [-0.05, 0) is 50.5 Å². The van der Waals surface area contributed by atoms with E-state index in [0.717, 1.165) is 42.1 Å². The van der Waals surface area contributed by atoms with Gasteiger partial charge in [-0.2, -0.15) is 0 Å². The summed E-state index contributed by atoms with van der Waals surface area (Å²) in [7, 11) is 2.04. The maximum Gasteiger partial charge on any atom is 0.311 e. The van der Waals surface area contributed by atoms with E-state index in [1.165, 1.54) is 0 Å². The highest BCUT2D eigenvalue weighted by atomic mass is 16.4. The largest absolute Gasteiger partial charge is 0.481 e. The Bertz CT molecular complexity index is 509. The molecule has 0 bridgehead atoms. The number of aryl methyl sites for hydroxylation is 1. The van der Waals surface area contributed by atoms with Crippen LogP contribution < -0.4 is 9.80 Å². The maximum atomic E-state index is 11.5. The fraction of sp³-hybridized carbons (Fsp3) is 0.562. The average molecular weight is 276 g/mol. The van der Waals surface area contributed by atoms with E-state index < -0.39 is 5.97 Å². The summed E-state index contributed by atoms with van der Waals surface area (Å²) in [5.41, 5.74) is 4.36. The third kappa shape index (κ3) is 2.47. The Morgan fingerprint density at radius 2 is 2.05 bits per heavy atom. The minimum Gasteiger partial charge on any atom is -0.481 e. The fourth-order valence-corrected chi connectivity index (χ4v) is 3.19. The Hall–Kier alpha value is -1.71. The summed E-state index contributed by atoms with van der Waals surface area (Å²) in [4.78, 5) is 16.0. The van der Waals surface area contributed by atoms with Gasteiger partial charge in [0.15, 0.2) is 0 Å². The first-order valence-electron chi connectivity index (χ1n) is 7.33. The summed E-state index contributed by atoms with van der Waals surface area (Å²) in [6.45, 7) is 8.99. The number of aliphatic carboxylic acids is 1. The van der Waals surface area contributed by atoms with Crippen LogP contribution in [0.4, 0.5) is 11.4 Å². The van der Waals surface area contributed by atoms with E-state index in [-0.39, 0.29) is 5.92 Å². The van der Waals surface area contributed by atoms with Crippen LogP contribution in [-0.2, 0) is 4.79 Å². The molecule has 1 unspecified atom stereocenters. The Balaban J connectivity index is 2.56. The standard InChI is InChI=1S/C16H24N2O2/c1-5-18(6-2)12-9-11(3)15-14(10-12)13(16(19)20)7-8-17(15)4/h9-10,13H,5-8H2,1-4H3,(H,19,20). The Morgan fingerprint density at radius 1 is 1.40 bits per heavy atom. The van der Waals surface area contributed by atoms with E-state index in [1.807, 2.05) is 7.05 Å². The SMILES string of the molecule is CCN(CC)c1cc(C)c2c(c1)C(C(=O)O)CCN2C. The van der Waals surface area contributed by atoms with Crippen molar-refractivity contribution in [1.82, 2.24) is 0 Å². The molecule has 1 N–H and O–H groups in total. The number of hydrogen-bond acceptors (Lipinski definition) is 3. The summed E-state index contributed by atoms with van der Waals surface area (Å²) >= 11 is 0. The smallest absolute Gasteiger partial charge is 0.311 e. The molecule has 1 aromatic rings. The summed E-state index contributed by atoms with van der Waals surface area (Å²) in [5, 5.41) is 9.47. The number of carboxylic acid groups (broad SMARTS) is 1. The van der Waals surface area contributed by atoms with Gasteiger partial charge >= 0.3 is 5.97 Å². The molecule has 1 aromatic carbocycles. The molecular weight excluding hydrogens is 252 g/mol. The molecule has 0 spiro atoms. The molecule has 1 aliphatic heterocycles. The normalized spacial score (nSPS) is 17.8. The van der Waals surface area contributed by atoms with E-state index in [2.05, 4.69) is 42.7 Å². The van der Waals surface area contributed by atoms with Crippen LogP contribution in [-0.4, -0.2) is 37.8 Å². The number of anilines is 2. The van der Waals surface area contributed by atoms with E-state index >= 15 is 0 Å². The molecule has 0 saturated carbocycles. The van der Waals surface area contributed by atoms with Crippen molar-refractivity contribution >= 4 is 17.3 Å².